The van der Waals surface area contributed by atoms with E-state index in [0.717, 1.165) is 25.9 Å². The van der Waals surface area contributed by atoms with Crippen LogP contribution in [-0.2, 0) is 6.42 Å². The number of benzene rings is 1. The van der Waals surface area contributed by atoms with Gasteiger partial charge in [-0.25, -0.2) is 0 Å². The van der Waals surface area contributed by atoms with Crippen molar-refractivity contribution in [3.63, 3.8) is 0 Å². The molecule has 0 aromatic heterocycles. The molecule has 1 rings (SSSR count). The summed E-state index contributed by atoms with van der Waals surface area (Å²) >= 11 is 0. The standard InChI is InChI=1S/C14H24N2/c1-3-14(16(2)11-7-10-15)12-13-8-5-4-6-9-13/h4-6,8-9,14H,3,7,10-12,15H2,1-2H3. The third-order valence-corrected chi connectivity index (χ3v) is 3.12. The van der Waals surface area contributed by atoms with Crippen LogP contribution in [0.1, 0.15) is 25.3 Å². The fourth-order valence-electron chi connectivity index (χ4n) is 2.02. The second kappa shape index (κ2) is 7.42. The van der Waals surface area contributed by atoms with Crippen molar-refractivity contribution in [3.05, 3.63) is 35.9 Å². The summed E-state index contributed by atoms with van der Waals surface area (Å²) in [4.78, 5) is 2.43. The Labute approximate surface area is 99.5 Å². The maximum absolute atomic E-state index is 5.54. The van der Waals surface area contributed by atoms with Crippen molar-refractivity contribution in [1.29, 1.82) is 0 Å². The summed E-state index contributed by atoms with van der Waals surface area (Å²) in [6, 6.07) is 11.3. The number of rotatable bonds is 7. The minimum Gasteiger partial charge on any atom is -0.330 e. The Morgan fingerprint density at radius 3 is 2.50 bits per heavy atom. The van der Waals surface area contributed by atoms with Crippen molar-refractivity contribution >= 4 is 0 Å². The van der Waals surface area contributed by atoms with Crippen molar-refractivity contribution in [2.45, 2.75) is 32.2 Å². The second-order valence-electron chi connectivity index (χ2n) is 4.37. The Bertz CT molecular complexity index is 271. The predicted molar refractivity (Wildman–Crippen MR) is 70.5 cm³/mol. The summed E-state index contributed by atoms with van der Waals surface area (Å²) in [5.74, 6) is 0. The smallest absolute Gasteiger partial charge is 0.0130 e. The van der Waals surface area contributed by atoms with Crippen LogP contribution < -0.4 is 5.73 Å². The molecular weight excluding hydrogens is 196 g/mol. The first-order valence-electron chi connectivity index (χ1n) is 6.22. The summed E-state index contributed by atoms with van der Waals surface area (Å²) < 4.78 is 0. The second-order valence-corrected chi connectivity index (χ2v) is 4.37. The number of nitrogens with two attached hydrogens (primary N) is 1. The van der Waals surface area contributed by atoms with Crippen LogP contribution in [0.5, 0.6) is 0 Å². The van der Waals surface area contributed by atoms with E-state index in [-0.39, 0.29) is 0 Å². The quantitative estimate of drug-likeness (QED) is 0.764. The minimum atomic E-state index is 0.633. The Balaban J connectivity index is 2.48. The van der Waals surface area contributed by atoms with Crippen molar-refractivity contribution in [2.75, 3.05) is 20.1 Å². The van der Waals surface area contributed by atoms with E-state index in [0.29, 0.717) is 6.04 Å². The highest BCUT2D eigenvalue weighted by atomic mass is 15.1. The minimum absolute atomic E-state index is 0.633. The lowest BCUT2D eigenvalue weighted by molar-refractivity contribution is 0.233. The van der Waals surface area contributed by atoms with Gasteiger partial charge in [0.15, 0.2) is 0 Å². The zero-order valence-corrected chi connectivity index (χ0v) is 10.5. The van der Waals surface area contributed by atoms with Crippen molar-refractivity contribution in [3.8, 4) is 0 Å². The van der Waals surface area contributed by atoms with E-state index in [1.807, 2.05) is 0 Å². The maximum atomic E-state index is 5.54. The zero-order valence-electron chi connectivity index (χ0n) is 10.5. The lowest BCUT2D eigenvalue weighted by Crippen LogP contribution is -2.34. The van der Waals surface area contributed by atoms with Crippen molar-refractivity contribution < 1.29 is 0 Å². The summed E-state index contributed by atoms with van der Waals surface area (Å²) in [6.07, 6.45) is 3.41. The van der Waals surface area contributed by atoms with Crippen LogP contribution in [0.3, 0.4) is 0 Å². The Morgan fingerprint density at radius 1 is 1.25 bits per heavy atom. The Morgan fingerprint density at radius 2 is 1.94 bits per heavy atom. The van der Waals surface area contributed by atoms with Gasteiger partial charge in [0, 0.05) is 6.04 Å². The monoisotopic (exact) mass is 220 g/mol. The predicted octanol–water partition coefficient (Wildman–Crippen LogP) is 2.29. The molecule has 16 heavy (non-hydrogen) atoms. The van der Waals surface area contributed by atoms with Gasteiger partial charge >= 0.3 is 0 Å². The highest BCUT2D eigenvalue weighted by molar-refractivity contribution is 5.15. The van der Waals surface area contributed by atoms with E-state index in [2.05, 4.69) is 49.2 Å². The van der Waals surface area contributed by atoms with Gasteiger partial charge in [0.05, 0.1) is 0 Å². The van der Waals surface area contributed by atoms with Gasteiger partial charge in [0.25, 0.3) is 0 Å². The molecule has 1 aromatic carbocycles. The Kier molecular flexibility index (Phi) is 6.12. The van der Waals surface area contributed by atoms with E-state index >= 15 is 0 Å². The van der Waals surface area contributed by atoms with Crippen LogP contribution in [0.2, 0.25) is 0 Å². The molecule has 0 aliphatic rings. The van der Waals surface area contributed by atoms with E-state index < -0.39 is 0 Å². The largest absolute Gasteiger partial charge is 0.330 e. The van der Waals surface area contributed by atoms with Gasteiger partial charge in [-0.2, -0.15) is 0 Å². The molecule has 0 radical (unpaired) electrons. The summed E-state index contributed by atoms with van der Waals surface area (Å²) in [5.41, 5.74) is 6.97. The molecular formula is C14H24N2. The molecule has 0 fully saturated rings. The topological polar surface area (TPSA) is 29.3 Å². The van der Waals surface area contributed by atoms with Gasteiger partial charge < -0.3 is 10.6 Å². The molecule has 0 spiro atoms. The first kappa shape index (κ1) is 13.2. The van der Waals surface area contributed by atoms with Crippen LogP contribution >= 0.6 is 0 Å². The molecule has 0 aliphatic heterocycles. The van der Waals surface area contributed by atoms with E-state index in [4.69, 9.17) is 5.73 Å². The average Bonchev–Trinajstić information content (AvgIpc) is 2.34. The molecule has 0 aliphatic carbocycles. The summed E-state index contributed by atoms with van der Waals surface area (Å²) in [5, 5.41) is 0. The van der Waals surface area contributed by atoms with Crippen LogP contribution in [0.4, 0.5) is 0 Å². The average molecular weight is 220 g/mol. The fraction of sp³-hybridized carbons (Fsp3) is 0.571. The highest BCUT2D eigenvalue weighted by Gasteiger charge is 2.12. The maximum Gasteiger partial charge on any atom is 0.0130 e. The van der Waals surface area contributed by atoms with Crippen LogP contribution in [-0.4, -0.2) is 31.1 Å². The summed E-state index contributed by atoms with van der Waals surface area (Å²) in [6.45, 7) is 4.14. The molecule has 2 N–H and O–H groups in total. The van der Waals surface area contributed by atoms with Gasteiger partial charge in [-0.3, -0.25) is 0 Å². The lowest BCUT2D eigenvalue weighted by Gasteiger charge is -2.27. The molecule has 1 aromatic rings. The molecule has 0 saturated heterocycles. The third-order valence-electron chi connectivity index (χ3n) is 3.12. The van der Waals surface area contributed by atoms with Crippen molar-refractivity contribution in [2.24, 2.45) is 5.73 Å². The zero-order chi connectivity index (χ0) is 11.8. The van der Waals surface area contributed by atoms with E-state index in [9.17, 15) is 0 Å². The number of likely N-dealkylation sites (N-methyl/N-ethyl adjacent to an activating group) is 1. The van der Waals surface area contributed by atoms with Crippen LogP contribution in [0, 0.1) is 0 Å². The number of hydrogen-bond donors (Lipinski definition) is 1. The molecule has 90 valence electrons. The Hall–Kier alpha value is -0.860. The van der Waals surface area contributed by atoms with E-state index in [1.54, 1.807) is 0 Å². The molecule has 0 amide bonds. The molecule has 0 saturated carbocycles. The third kappa shape index (κ3) is 4.33. The highest BCUT2D eigenvalue weighted by Crippen LogP contribution is 2.10. The van der Waals surface area contributed by atoms with Gasteiger partial charge in [-0.05, 0) is 45.0 Å². The van der Waals surface area contributed by atoms with E-state index in [1.165, 1.54) is 12.0 Å². The molecule has 1 unspecified atom stereocenters. The number of nitrogens with zero attached hydrogens (tertiary/aromatic N) is 1. The normalized spacial score (nSPS) is 13.0. The van der Waals surface area contributed by atoms with Gasteiger partial charge in [-0.1, -0.05) is 37.3 Å². The molecule has 2 nitrogen and oxygen atoms in total. The fourth-order valence-corrected chi connectivity index (χ4v) is 2.02. The van der Waals surface area contributed by atoms with Gasteiger partial charge in [0.2, 0.25) is 0 Å². The molecule has 0 bridgehead atoms. The van der Waals surface area contributed by atoms with Gasteiger partial charge in [0.1, 0.15) is 0 Å². The lowest BCUT2D eigenvalue weighted by atomic mass is 10.0. The van der Waals surface area contributed by atoms with Gasteiger partial charge in [-0.15, -0.1) is 0 Å². The van der Waals surface area contributed by atoms with Crippen LogP contribution in [0.25, 0.3) is 0 Å². The SMILES string of the molecule is CCC(Cc1ccccc1)N(C)CCCN. The summed E-state index contributed by atoms with van der Waals surface area (Å²) in [7, 11) is 2.20. The first-order valence-corrected chi connectivity index (χ1v) is 6.22. The first-order chi connectivity index (χ1) is 7.77. The molecule has 1 atom stereocenters. The molecule has 2 heteroatoms. The van der Waals surface area contributed by atoms with Crippen LogP contribution in [0.15, 0.2) is 30.3 Å². The molecule has 0 heterocycles. The number of hydrogen-bond acceptors (Lipinski definition) is 2. The van der Waals surface area contributed by atoms with Crippen molar-refractivity contribution in [1.82, 2.24) is 4.90 Å².